The van der Waals surface area contributed by atoms with Gasteiger partial charge in [-0.15, -0.1) is 11.6 Å². The van der Waals surface area contributed by atoms with Crippen molar-refractivity contribution in [1.82, 2.24) is 0 Å². The first-order valence-electron chi connectivity index (χ1n) is 11.9. The molecule has 2 atom stereocenters. The fourth-order valence-electron chi connectivity index (χ4n) is 4.20. The van der Waals surface area contributed by atoms with Gasteiger partial charge in [0.1, 0.15) is 11.5 Å². The van der Waals surface area contributed by atoms with Crippen molar-refractivity contribution in [2.75, 3.05) is 45.5 Å². The summed E-state index contributed by atoms with van der Waals surface area (Å²) in [5, 5.41) is 19.5. The molecule has 0 radical (unpaired) electrons. The maximum absolute atomic E-state index is 9.77. The Morgan fingerprint density at radius 3 is 1.82 bits per heavy atom. The number of phenolic OH excluding ortho intramolecular Hbond substituents is 2. The molecule has 0 bridgehead atoms. The van der Waals surface area contributed by atoms with Gasteiger partial charge in [0.25, 0.3) is 0 Å². The first-order chi connectivity index (χ1) is 16.0. The lowest BCUT2D eigenvalue weighted by molar-refractivity contribution is 0.0164. The smallest absolute Gasteiger partial charge is 0.115 e. The number of halogens is 1. The summed E-state index contributed by atoms with van der Waals surface area (Å²) < 4.78 is 16.5. The summed E-state index contributed by atoms with van der Waals surface area (Å²) in [5.41, 5.74) is 2.34. The third-order valence-electron chi connectivity index (χ3n) is 6.32. The Morgan fingerprint density at radius 1 is 0.758 bits per heavy atom. The Balaban J connectivity index is 1.87. The zero-order valence-corrected chi connectivity index (χ0v) is 20.7. The van der Waals surface area contributed by atoms with E-state index < -0.39 is 0 Å². The molecule has 0 aliphatic rings. The van der Waals surface area contributed by atoms with E-state index >= 15 is 0 Å². The molecular weight excluding hydrogens is 440 g/mol. The van der Waals surface area contributed by atoms with E-state index in [9.17, 15) is 10.2 Å². The highest BCUT2D eigenvalue weighted by Gasteiger charge is 2.35. The van der Waals surface area contributed by atoms with Crippen LogP contribution in [-0.4, -0.2) is 55.7 Å². The van der Waals surface area contributed by atoms with Gasteiger partial charge in [0.05, 0.1) is 33.0 Å². The summed E-state index contributed by atoms with van der Waals surface area (Å²) in [6, 6.07) is 15.1. The predicted octanol–water partition coefficient (Wildman–Crippen LogP) is 6.01. The molecule has 2 rings (SSSR count). The summed E-state index contributed by atoms with van der Waals surface area (Å²) in [4.78, 5) is 0. The molecule has 0 heterocycles. The van der Waals surface area contributed by atoms with Crippen molar-refractivity contribution in [1.29, 1.82) is 0 Å². The lowest BCUT2D eigenvalue weighted by atomic mass is 9.65. The summed E-state index contributed by atoms with van der Waals surface area (Å²) in [6.45, 7) is 8.02. The number of aromatic hydroxyl groups is 2. The maximum Gasteiger partial charge on any atom is 0.115 e. The Morgan fingerprint density at radius 2 is 1.27 bits per heavy atom. The van der Waals surface area contributed by atoms with E-state index in [1.165, 1.54) is 11.1 Å². The molecule has 0 unspecified atom stereocenters. The number of hydrogen-bond donors (Lipinski definition) is 2. The van der Waals surface area contributed by atoms with Crippen LogP contribution >= 0.6 is 11.6 Å². The van der Waals surface area contributed by atoms with Gasteiger partial charge in [-0.2, -0.15) is 0 Å². The minimum atomic E-state index is -0.0924. The first-order valence-corrected chi connectivity index (χ1v) is 12.4. The standard InChI is InChI=1S/C27H39ClO5/c1-3-27(2,23-9-13-25(30)14-10-23)26(22-7-11-24(29)12-8-22)6-4-5-16-31-18-20-33-21-19-32-17-15-28/h7-14,26,29-30H,3-6,15-21H2,1-2H3/t26-,27+/m1/s1. The van der Waals surface area contributed by atoms with Crippen LogP contribution < -0.4 is 0 Å². The molecule has 2 aromatic carbocycles. The topological polar surface area (TPSA) is 68.2 Å². The lowest BCUT2D eigenvalue weighted by Gasteiger charge is -2.38. The highest BCUT2D eigenvalue weighted by atomic mass is 35.5. The van der Waals surface area contributed by atoms with Crippen molar-refractivity contribution < 1.29 is 24.4 Å². The van der Waals surface area contributed by atoms with Crippen molar-refractivity contribution in [3.05, 3.63) is 59.7 Å². The third-order valence-corrected chi connectivity index (χ3v) is 6.48. The Bertz CT molecular complexity index is 765. The number of benzene rings is 2. The number of alkyl halides is 1. The number of rotatable bonds is 17. The van der Waals surface area contributed by atoms with E-state index in [4.69, 9.17) is 25.8 Å². The van der Waals surface area contributed by atoms with Crippen LogP contribution in [-0.2, 0) is 19.6 Å². The molecule has 0 saturated carbocycles. The van der Waals surface area contributed by atoms with Crippen LogP contribution in [0.15, 0.2) is 48.5 Å². The largest absolute Gasteiger partial charge is 0.508 e. The van der Waals surface area contributed by atoms with Crippen molar-refractivity contribution in [2.45, 2.75) is 50.9 Å². The minimum Gasteiger partial charge on any atom is -0.508 e. The molecule has 0 aromatic heterocycles. The Kier molecular flexibility index (Phi) is 12.6. The van der Waals surface area contributed by atoms with Gasteiger partial charge in [-0.05, 0) is 66.0 Å². The van der Waals surface area contributed by atoms with Gasteiger partial charge >= 0.3 is 0 Å². The maximum atomic E-state index is 9.77. The summed E-state index contributed by atoms with van der Waals surface area (Å²) in [6.07, 6.45) is 3.98. The molecule has 6 heteroatoms. The van der Waals surface area contributed by atoms with Gasteiger partial charge in [0.15, 0.2) is 0 Å². The number of phenols is 2. The monoisotopic (exact) mass is 478 g/mol. The van der Waals surface area contributed by atoms with Gasteiger partial charge in [-0.3, -0.25) is 0 Å². The average molecular weight is 479 g/mol. The summed E-state index contributed by atoms with van der Waals surface area (Å²) >= 11 is 5.55. The zero-order valence-electron chi connectivity index (χ0n) is 20.0. The van der Waals surface area contributed by atoms with Crippen molar-refractivity contribution in [3.63, 3.8) is 0 Å². The second-order valence-electron chi connectivity index (χ2n) is 8.48. The molecule has 2 N–H and O–H groups in total. The average Bonchev–Trinajstić information content (AvgIpc) is 2.83. The molecule has 0 fully saturated rings. The second kappa shape index (κ2) is 15.2. The van der Waals surface area contributed by atoms with E-state index in [1.54, 1.807) is 24.3 Å². The van der Waals surface area contributed by atoms with E-state index in [0.717, 1.165) is 25.7 Å². The van der Waals surface area contributed by atoms with Crippen LogP contribution in [0.3, 0.4) is 0 Å². The zero-order chi connectivity index (χ0) is 23.9. The molecule has 0 aliphatic heterocycles. The van der Waals surface area contributed by atoms with E-state index in [0.29, 0.717) is 45.5 Å². The summed E-state index contributed by atoms with van der Waals surface area (Å²) in [7, 11) is 0. The molecule has 0 saturated heterocycles. The van der Waals surface area contributed by atoms with Crippen LogP contribution in [0.2, 0.25) is 0 Å². The Labute approximate surface area is 203 Å². The third kappa shape index (κ3) is 9.17. The molecule has 184 valence electrons. The van der Waals surface area contributed by atoms with Crippen LogP contribution in [0, 0.1) is 0 Å². The fourth-order valence-corrected chi connectivity index (χ4v) is 4.31. The summed E-state index contributed by atoms with van der Waals surface area (Å²) in [5.74, 6) is 1.34. The van der Waals surface area contributed by atoms with Gasteiger partial charge < -0.3 is 24.4 Å². The van der Waals surface area contributed by atoms with E-state index in [1.807, 2.05) is 24.3 Å². The van der Waals surface area contributed by atoms with E-state index in [2.05, 4.69) is 13.8 Å². The number of unbranched alkanes of at least 4 members (excludes halogenated alkanes) is 1. The van der Waals surface area contributed by atoms with Crippen molar-refractivity contribution >= 4 is 11.6 Å². The van der Waals surface area contributed by atoms with E-state index in [-0.39, 0.29) is 22.8 Å². The fraction of sp³-hybridized carbons (Fsp3) is 0.556. The van der Waals surface area contributed by atoms with Gasteiger partial charge in [-0.1, -0.05) is 44.5 Å². The SMILES string of the molecule is CC[C@@](C)(c1ccc(O)cc1)[C@H](CCCCOCCOCCOCCCl)c1ccc(O)cc1. The second-order valence-corrected chi connectivity index (χ2v) is 8.86. The molecule has 33 heavy (non-hydrogen) atoms. The lowest BCUT2D eigenvalue weighted by Crippen LogP contribution is -2.30. The van der Waals surface area contributed by atoms with Crippen LogP contribution in [0.5, 0.6) is 11.5 Å². The highest BCUT2D eigenvalue weighted by molar-refractivity contribution is 6.17. The minimum absolute atomic E-state index is 0.0924. The van der Waals surface area contributed by atoms with Crippen molar-refractivity contribution in [3.8, 4) is 11.5 Å². The van der Waals surface area contributed by atoms with Crippen molar-refractivity contribution in [2.24, 2.45) is 0 Å². The van der Waals surface area contributed by atoms with Gasteiger partial charge in [-0.25, -0.2) is 0 Å². The molecule has 0 amide bonds. The predicted molar refractivity (Wildman–Crippen MR) is 134 cm³/mol. The normalized spacial score (nSPS) is 14.2. The molecule has 5 nitrogen and oxygen atoms in total. The Hall–Kier alpha value is -1.79. The molecule has 2 aromatic rings. The van der Waals surface area contributed by atoms with Crippen LogP contribution in [0.1, 0.15) is 56.6 Å². The number of hydrogen-bond acceptors (Lipinski definition) is 5. The van der Waals surface area contributed by atoms with Gasteiger partial charge in [0.2, 0.25) is 0 Å². The van der Waals surface area contributed by atoms with Crippen LogP contribution in [0.4, 0.5) is 0 Å². The van der Waals surface area contributed by atoms with Gasteiger partial charge in [0, 0.05) is 12.5 Å². The molecular formula is C27H39ClO5. The molecule has 0 spiro atoms. The van der Waals surface area contributed by atoms with Crippen LogP contribution in [0.25, 0.3) is 0 Å². The quantitative estimate of drug-likeness (QED) is 0.215. The highest BCUT2D eigenvalue weighted by Crippen LogP contribution is 2.45. The number of ether oxygens (including phenoxy) is 3. The molecule has 0 aliphatic carbocycles. The first kappa shape index (κ1) is 27.5.